The van der Waals surface area contributed by atoms with Gasteiger partial charge in [-0.3, -0.25) is 9.78 Å². The van der Waals surface area contributed by atoms with Crippen molar-refractivity contribution in [2.24, 2.45) is 11.3 Å². The number of aromatic nitrogens is 1. The van der Waals surface area contributed by atoms with Gasteiger partial charge in [0.1, 0.15) is 5.82 Å². The molecule has 0 spiro atoms. The minimum atomic E-state index is -3.59. The molecule has 1 aromatic heterocycles. The minimum absolute atomic E-state index is 0.0869. The Balaban J connectivity index is 1.52. The standard InChI is InChI=1S/C24H28Cl2FN3O3S/c1-24(9-2-3-10-24)22(20-19(27)7-6-18(25)21(20)26)29-23(31)17-8-12-30(14-17)34(32,33)15-16-5-4-11-28-13-16/h4-7,11,13,17,22H,2-3,8-10,12,14-15H2,1H3,(H,29,31). The fourth-order valence-corrected chi connectivity index (χ4v) is 7.11. The molecule has 1 saturated heterocycles. The SMILES string of the molecule is CC1(C(NC(=O)C2CCN(S(=O)(=O)Cc3cccnc3)C2)c2c(F)ccc(Cl)c2Cl)CCCC1. The Labute approximate surface area is 209 Å². The largest absolute Gasteiger partial charge is 0.348 e. The molecule has 2 fully saturated rings. The van der Waals surface area contributed by atoms with Gasteiger partial charge in [0.25, 0.3) is 0 Å². The van der Waals surface area contributed by atoms with Crippen molar-refractivity contribution in [3.05, 3.63) is 63.6 Å². The summed E-state index contributed by atoms with van der Waals surface area (Å²) in [6.07, 6.45) is 7.09. The Hall–Kier alpha value is -1.74. The summed E-state index contributed by atoms with van der Waals surface area (Å²) < 4.78 is 42.1. The van der Waals surface area contributed by atoms with Crippen LogP contribution in [0.2, 0.25) is 10.0 Å². The van der Waals surface area contributed by atoms with Gasteiger partial charge in [0, 0.05) is 31.0 Å². The van der Waals surface area contributed by atoms with Crippen LogP contribution >= 0.6 is 23.2 Å². The van der Waals surface area contributed by atoms with E-state index in [1.807, 2.05) is 6.92 Å². The molecule has 1 N–H and O–H groups in total. The lowest BCUT2D eigenvalue weighted by Gasteiger charge is -2.36. The number of carbonyl (C=O) groups is 1. The van der Waals surface area contributed by atoms with Crippen molar-refractivity contribution in [1.29, 1.82) is 0 Å². The molecule has 4 rings (SSSR count). The lowest BCUT2D eigenvalue weighted by Crippen LogP contribution is -2.42. The highest BCUT2D eigenvalue weighted by molar-refractivity contribution is 7.88. The Bertz CT molecular complexity index is 1160. The van der Waals surface area contributed by atoms with Crippen LogP contribution in [0.4, 0.5) is 4.39 Å². The first-order valence-electron chi connectivity index (χ1n) is 11.4. The maximum atomic E-state index is 15.0. The molecule has 2 unspecified atom stereocenters. The zero-order chi connectivity index (χ0) is 24.5. The number of nitrogens with one attached hydrogen (secondary N) is 1. The van der Waals surface area contributed by atoms with Gasteiger partial charge in [0.2, 0.25) is 15.9 Å². The van der Waals surface area contributed by atoms with Crippen molar-refractivity contribution in [3.63, 3.8) is 0 Å². The van der Waals surface area contributed by atoms with Crippen LogP contribution in [-0.2, 0) is 20.6 Å². The molecule has 1 aliphatic carbocycles. The van der Waals surface area contributed by atoms with Gasteiger partial charge in [0.05, 0.1) is 27.8 Å². The molecule has 2 aliphatic rings. The number of sulfonamides is 1. The third-order valence-corrected chi connectivity index (χ3v) is 9.72. The van der Waals surface area contributed by atoms with E-state index in [2.05, 4.69) is 10.3 Å². The number of amides is 1. The molecular formula is C24H28Cl2FN3O3S. The van der Waals surface area contributed by atoms with Gasteiger partial charge in [-0.2, -0.15) is 0 Å². The number of halogens is 3. The van der Waals surface area contributed by atoms with Crippen LogP contribution in [-0.4, -0.2) is 36.7 Å². The highest BCUT2D eigenvalue weighted by Gasteiger charge is 2.43. The predicted molar refractivity (Wildman–Crippen MR) is 130 cm³/mol. The zero-order valence-electron chi connectivity index (χ0n) is 18.9. The number of carbonyl (C=O) groups excluding carboxylic acids is 1. The first-order valence-corrected chi connectivity index (χ1v) is 13.8. The van der Waals surface area contributed by atoms with E-state index >= 15 is 0 Å². The van der Waals surface area contributed by atoms with Crippen molar-refractivity contribution in [3.8, 4) is 0 Å². The molecule has 34 heavy (non-hydrogen) atoms. The van der Waals surface area contributed by atoms with Crippen LogP contribution in [0.3, 0.4) is 0 Å². The lowest BCUT2D eigenvalue weighted by molar-refractivity contribution is -0.126. The monoisotopic (exact) mass is 527 g/mol. The second kappa shape index (κ2) is 10.1. The summed E-state index contributed by atoms with van der Waals surface area (Å²) in [4.78, 5) is 17.3. The van der Waals surface area contributed by atoms with Crippen LogP contribution in [0.5, 0.6) is 0 Å². The van der Waals surface area contributed by atoms with Gasteiger partial charge in [-0.05, 0) is 48.4 Å². The molecule has 6 nitrogen and oxygen atoms in total. The minimum Gasteiger partial charge on any atom is -0.348 e. The molecule has 2 aromatic rings. The van der Waals surface area contributed by atoms with E-state index < -0.39 is 27.8 Å². The molecule has 1 aromatic carbocycles. The average molecular weight is 528 g/mol. The van der Waals surface area contributed by atoms with Gasteiger partial charge in [-0.15, -0.1) is 0 Å². The van der Waals surface area contributed by atoms with E-state index in [0.717, 1.165) is 25.7 Å². The fourth-order valence-electron chi connectivity index (χ4n) is 5.11. The summed E-state index contributed by atoms with van der Waals surface area (Å²) in [5.41, 5.74) is 0.414. The Morgan fingerprint density at radius 1 is 1.29 bits per heavy atom. The van der Waals surface area contributed by atoms with E-state index in [1.54, 1.807) is 18.3 Å². The average Bonchev–Trinajstić information content (AvgIpc) is 3.47. The van der Waals surface area contributed by atoms with E-state index in [0.29, 0.717) is 12.0 Å². The highest BCUT2D eigenvalue weighted by Crippen LogP contribution is 2.50. The van der Waals surface area contributed by atoms with Crippen LogP contribution < -0.4 is 5.32 Å². The fraction of sp³-hybridized carbons (Fsp3) is 0.500. The maximum Gasteiger partial charge on any atom is 0.224 e. The smallest absolute Gasteiger partial charge is 0.224 e. The normalized spacial score (nSPS) is 21.5. The van der Waals surface area contributed by atoms with E-state index in [1.165, 1.54) is 22.6 Å². The first-order chi connectivity index (χ1) is 16.1. The van der Waals surface area contributed by atoms with E-state index in [-0.39, 0.29) is 45.8 Å². The Morgan fingerprint density at radius 2 is 2.03 bits per heavy atom. The first kappa shape index (κ1) is 25.4. The summed E-state index contributed by atoms with van der Waals surface area (Å²) in [5, 5.41) is 3.37. The summed E-state index contributed by atoms with van der Waals surface area (Å²) in [6, 6.07) is 5.41. The van der Waals surface area contributed by atoms with Gasteiger partial charge >= 0.3 is 0 Å². The van der Waals surface area contributed by atoms with Crippen molar-refractivity contribution in [2.75, 3.05) is 13.1 Å². The highest BCUT2D eigenvalue weighted by atomic mass is 35.5. The number of benzene rings is 1. The van der Waals surface area contributed by atoms with Crippen LogP contribution in [0.1, 0.15) is 56.2 Å². The zero-order valence-corrected chi connectivity index (χ0v) is 21.3. The molecule has 2 atom stereocenters. The Morgan fingerprint density at radius 3 is 2.71 bits per heavy atom. The number of hydrogen-bond acceptors (Lipinski definition) is 4. The summed E-state index contributed by atoms with van der Waals surface area (Å²) >= 11 is 12.6. The summed E-state index contributed by atoms with van der Waals surface area (Å²) in [6.45, 7) is 2.37. The van der Waals surface area contributed by atoms with E-state index in [4.69, 9.17) is 23.2 Å². The van der Waals surface area contributed by atoms with Crippen molar-refractivity contribution in [2.45, 2.75) is 50.8 Å². The third kappa shape index (κ3) is 5.25. The summed E-state index contributed by atoms with van der Waals surface area (Å²) in [5.74, 6) is -1.51. The van der Waals surface area contributed by atoms with Crippen molar-refractivity contribution >= 4 is 39.1 Å². The lowest BCUT2D eigenvalue weighted by atomic mass is 9.76. The van der Waals surface area contributed by atoms with Gasteiger partial charge in [0.15, 0.2) is 0 Å². The molecule has 184 valence electrons. The third-order valence-electron chi connectivity index (χ3n) is 7.08. The van der Waals surface area contributed by atoms with Crippen LogP contribution in [0, 0.1) is 17.2 Å². The molecule has 10 heteroatoms. The molecular weight excluding hydrogens is 500 g/mol. The van der Waals surface area contributed by atoms with Crippen molar-refractivity contribution in [1.82, 2.24) is 14.6 Å². The van der Waals surface area contributed by atoms with Gasteiger partial charge < -0.3 is 5.32 Å². The van der Waals surface area contributed by atoms with Crippen molar-refractivity contribution < 1.29 is 17.6 Å². The molecule has 1 saturated carbocycles. The number of hydrogen-bond donors (Lipinski definition) is 1. The Kier molecular flexibility index (Phi) is 7.53. The number of nitrogens with zero attached hydrogens (tertiary/aromatic N) is 2. The van der Waals surface area contributed by atoms with Gasteiger partial charge in [-0.1, -0.05) is 49.0 Å². The molecule has 2 heterocycles. The summed E-state index contributed by atoms with van der Waals surface area (Å²) in [7, 11) is -3.59. The quantitative estimate of drug-likeness (QED) is 0.507. The molecule has 1 amide bonds. The van der Waals surface area contributed by atoms with Crippen LogP contribution in [0.15, 0.2) is 36.7 Å². The predicted octanol–water partition coefficient (Wildman–Crippen LogP) is 5.12. The van der Waals surface area contributed by atoms with Gasteiger partial charge in [-0.25, -0.2) is 17.1 Å². The number of pyridine rings is 1. The second-order valence-electron chi connectivity index (χ2n) is 9.52. The van der Waals surface area contributed by atoms with E-state index in [9.17, 15) is 17.6 Å². The topological polar surface area (TPSA) is 79.4 Å². The van der Waals surface area contributed by atoms with Crippen LogP contribution in [0.25, 0.3) is 0 Å². The molecule has 1 aliphatic heterocycles. The number of rotatable bonds is 7. The molecule has 0 radical (unpaired) electrons. The second-order valence-corrected chi connectivity index (χ2v) is 12.3. The maximum absolute atomic E-state index is 15.0. The molecule has 0 bridgehead atoms.